The molecule has 0 amide bonds. The fraction of sp³-hybridized carbons (Fsp3) is 0.333. The third kappa shape index (κ3) is 1.89. The molecule has 0 saturated heterocycles. The summed E-state index contributed by atoms with van der Waals surface area (Å²) in [5.74, 6) is -0.374. The molecule has 1 N–H and O–H groups in total. The largest absolute Gasteiger partial charge is 0.419 e. The number of aromatic nitrogens is 1. The number of nitrogens with one attached hydrogen (secondary N) is 1. The molecule has 1 atom stereocenters. The summed E-state index contributed by atoms with van der Waals surface area (Å²) in [6, 6.07) is 4.93. The van der Waals surface area contributed by atoms with Crippen LogP contribution in [0.25, 0.3) is 11.1 Å². The summed E-state index contributed by atoms with van der Waals surface area (Å²) in [5, 5.41) is 2.94. The summed E-state index contributed by atoms with van der Waals surface area (Å²) in [6.07, 6.45) is 0. The van der Waals surface area contributed by atoms with Gasteiger partial charge in [-0.15, -0.1) is 0 Å². The molecule has 90 valence electrons. The van der Waals surface area contributed by atoms with Crippen molar-refractivity contribution in [3.8, 4) is 0 Å². The maximum absolute atomic E-state index is 11.4. The summed E-state index contributed by atoms with van der Waals surface area (Å²) < 4.78 is 6.45. The summed E-state index contributed by atoms with van der Waals surface area (Å²) in [7, 11) is 3.37. The van der Waals surface area contributed by atoms with Crippen molar-refractivity contribution in [2.45, 2.75) is 13.0 Å². The van der Waals surface area contributed by atoms with Crippen LogP contribution in [0.2, 0.25) is 0 Å². The first-order chi connectivity index (χ1) is 8.04. The Morgan fingerprint density at radius 3 is 2.76 bits per heavy atom. The predicted octanol–water partition coefficient (Wildman–Crippen LogP) is 0.981. The molecule has 0 aliphatic carbocycles. The van der Waals surface area contributed by atoms with Crippen LogP contribution < -0.4 is 11.1 Å². The zero-order valence-corrected chi connectivity index (χ0v) is 9.98. The van der Waals surface area contributed by atoms with E-state index in [2.05, 4.69) is 5.32 Å². The monoisotopic (exact) mass is 234 g/mol. The second kappa shape index (κ2) is 4.18. The van der Waals surface area contributed by atoms with E-state index in [4.69, 9.17) is 4.42 Å². The Balaban J connectivity index is 2.61. The number of carbonyl (C=O) groups excluding carboxylic acids is 1. The minimum atomic E-state index is -0.402. The van der Waals surface area contributed by atoms with Crippen molar-refractivity contribution in [1.82, 2.24) is 9.88 Å². The van der Waals surface area contributed by atoms with Gasteiger partial charge in [-0.3, -0.25) is 9.36 Å². The van der Waals surface area contributed by atoms with Crippen molar-refractivity contribution in [2.75, 3.05) is 7.05 Å². The van der Waals surface area contributed by atoms with E-state index in [-0.39, 0.29) is 11.8 Å². The molecule has 0 radical (unpaired) electrons. The molecule has 0 fully saturated rings. The second-order valence-corrected chi connectivity index (χ2v) is 3.99. The van der Waals surface area contributed by atoms with Gasteiger partial charge in [-0.25, -0.2) is 4.79 Å². The van der Waals surface area contributed by atoms with Gasteiger partial charge in [-0.05, 0) is 31.7 Å². The van der Waals surface area contributed by atoms with Crippen molar-refractivity contribution in [3.63, 3.8) is 0 Å². The molecule has 0 aliphatic heterocycles. The molecule has 1 heterocycles. The van der Waals surface area contributed by atoms with Crippen LogP contribution in [0.3, 0.4) is 0 Å². The minimum absolute atomic E-state index is 0.0281. The molecule has 1 aromatic carbocycles. The van der Waals surface area contributed by atoms with Crippen LogP contribution in [0, 0.1) is 0 Å². The number of rotatable bonds is 3. The van der Waals surface area contributed by atoms with E-state index in [9.17, 15) is 9.59 Å². The Morgan fingerprint density at radius 2 is 2.18 bits per heavy atom. The average molecular weight is 234 g/mol. The lowest BCUT2D eigenvalue weighted by Crippen LogP contribution is -2.23. The molecule has 2 aromatic rings. The first kappa shape index (κ1) is 11.6. The van der Waals surface area contributed by atoms with Gasteiger partial charge in [-0.1, -0.05) is 6.07 Å². The van der Waals surface area contributed by atoms with Gasteiger partial charge >= 0.3 is 5.76 Å². The third-order valence-corrected chi connectivity index (χ3v) is 2.84. The Hall–Kier alpha value is -1.88. The SMILES string of the molecule is CNC(C(C)=O)c1ccc2oc(=O)n(C)c2c1. The van der Waals surface area contributed by atoms with Gasteiger partial charge in [0.05, 0.1) is 11.6 Å². The molecular weight excluding hydrogens is 220 g/mol. The van der Waals surface area contributed by atoms with Crippen LogP contribution in [0.15, 0.2) is 27.4 Å². The standard InChI is InChI=1S/C12H14N2O3/c1-7(15)11(13-2)8-4-5-10-9(6-8)14(3)12(16)17-10/h4-6,11,13H,1-3H3. The summed E-state index contributed by atoms with van der Waals surface area (Å²) >= 11 is 0. The number of fused-ring (bicyclic) bond motifs is 1. The van der Waals surface area contributed by atoms with Gasteiger partial charge < -0.3 is 9.73 Å². The number of hydrogen-bond acceptors (Lipinski definition) is 4. The lowest BCUT2D eigenvalue weighted by Gasteiger charge is -2.12. The molecule has 1 aromatic heterocycles. The van der Waals surface area contributed by atoms with Crippen LogP contribution >= 0.6 is 0 Å². The number of oxazole rings is 1. The van der Waals surface area contributed by atoms with Gasteiger partial charge in [0.2, 0.25) is 0 Å². The number of carbonyl (C=O) groups is 1. The fourth-order valence-corrected chi connectivity index (χ4v) is 1.93. The Labute approximate surface area is 98.0 Å². The fourth-order valence-electron chi connectivity index (χ4n) is 1.93. The Morgan fingerprint density at radius 1 is 1.47 bits per heavy atom. The van der Waals surface area contributed by atoms with E-state index in [0.717, 1.165) is 5.56 Å². The normalized spacial score (nSPS) is 12.9. The third-order valence-electron chi connectivity index (χ3n) is 2.84. The number of Topliss-reactive ketones (excluding diaryl/α,β-unsaturated/α-hetero) is 1. The van der Waals surface area contributed by atoms with Gasteiger partial charge in [-0.2, -0.15) is 0 Å². The van der Waals surface area contributed by atoms with Crippen molar-refractivity contribution in [1.29, 1.82) is 0 Å². The Bertz CT molecular complexity index is 624. The maximum Gasteiger partial charge on any atom is 0.419 e. The highest BCUT2D eigenvalue weighted by Gasteiger charge is 2.16. The van der Waals surface area contributed by atoms with Crippen molar-refractivity contribution >= 4 is 16.9 Å². The predicted molar refractivity (Wildman–Crippen MR) is 63.9 cm³/mol. The van der Waals surface area contributed by atoms with E-state index >= 15 is 0 Å². The van der Waals surface area contributed by atoms with Gasteiger partial charge in [0.1, 0.15) is 0 Å². The molecule has 1 unspecified atom stereocenters. The molecule has 0 aliphatic rings. The number of aryl methyl sites for hydroxylation is 1. The molecule has 5 nitrogen and oxygen atoms in total. The number of ketones is 1. The van der Waals surface area contributed by atoms with Crippen molar-refractivity contribution in [3.05, 3.63) is 34.3 Å². The smallest absolute Gasteiger partial charge is 0.408 e. The van der Waals surface area contributed by atoms with Crippen LogP contribution in [0.1, 0.15) is 18.5 Å². The molecule has 0 saturated carbocycles. The summed E-state index contributed by atoms with van der Waals surface area (Å²) in [6.45, 7) is 1.53. The van der Waals surface area contributed by atoms with Gasteiger partial charge in [0.25, 0.3) is 0 Å². The van der Waals surface area contributed by atoms with E-state index in [1.807, 2.05) is 0 Å². The van der Waals surface area contributed by atoms with Crippen molar-refractivity contribution < 1.29 is 9.21 Å². The average Bonchev–Trinajstić information content (AvgIpc) is 2.56. The lowest BCUT2D eigenvalue weighted by molar-refractivity contribution is -0.119. The summed E-state index contributed by atoms with van der Waals surface area (Å²) in [4.78, 5) is 22.8. The molecule has 2 rings (SSSR count). The zero-order valence-electron chi connectivity index (χ0n) is 9.98. The topological polar surface area (TPSA) is 64.2 Å². The van der Waals surface area contributed by atoms with Crippen LogP contribution in [0.4, 0.5) is 0 Å². The molecule has 17 heavy (non-hydrogen) atoms. The van der Waals surface area contributed by atoms with Gasteiger partial charge in [0.15, 0.2) is 11.4 Å². The van der Waals surface area contributed by atoms with Crippen LogP contribution in [-0.4, -0.2) is 17.4 Å². The minimum Gasteiger partial charge on any atom is -0.408 e. The number of hydrogen-bond donors (Lipinski definition) is 1. The van der Waals surface area contributed by atoms with Gasteiger partial charge in [0, 0.05) is 7.05 Å². The molecule has 0 bridgehead atoms. The van der Waals surface area contributed by atoms with E-state index < -0.39 is 5.76 Å². The maximum atomic E-state index is 11.4. The number of benzene rings is 1. The van der Waals surface area contributed by atoms with Crippen LogP contribution in [0.5, 0.6) is 0 Å². The zero-order chi connectivity index (χ0) is 12.6. The number of likely N-dealkylation sites (N-methyl/N-ethyl adjacent to an activating group) is 1. The van der Waals surface area contributed by atoms with E-state index in [1.54, 1.807) is 32.3 Å². The second-order valence-electron chi connectivity index (χ2n) is 3.99. The van der Waals surface area contributed by atoms with E-state index in [0.29, 0.717) is 11.1 Å². The molecule has 0 spiro atoms. The molecule has 5 heteroatoms. The lowest BCUT2D eigenvalue weighted by atomic mass is 10.0. The molecular formula is C12H14N2O3. The summed E-state index contributed by atoms with van der Waals surface area (Å²) in [5.41, 5.74) is 2.04. The highest BCUT2D eigenvalue weighted by atomic mass is 16.4. The highest BCUT2D eigenvalue weighted by Crippen LogP contribution is 2.19. The number of nitrogens with zero attached hydrogens (tertiary/aromatic N) is 1. The first-order valence-corrected chi connectivity index (χ1v) is 5.31. The quantitative estimate of drug-likeness (QED) is 0.859. The van der Waals surface area contributed by atoms with Crippen molar-refractivity contribution in [2.24, 2.45) is 7.05 Å². The highest BCUT2D eigenvalue weighted by molar-refractivity contribution is 5.84. The van der Waals surface area contributed by atoms with Crippen LogP contribution in [-0.2, 0) is 11.8 Å². The van der Waals surface area contributed by atoms with E-state index in [1.165, 1.54) is 11.5 Å². The first-order valence-electron chi connectivity index (χ1n) is 5.31. The Kier molecular flexibility index (Phi) is 2.85.